The molecule has 1 aliphatic carbocycles. The van der Waals surface area contributed by atoms with Crippen LogP contribution in [0.2, 0.25) is 0 Å². The van der Waals surface area contributed by atoms with Gasteiger partial charge in [0.05, 0.1) is 0 Å². The fraction of sp³-hybridized carbons (Fsp3) is 0.294. The summed E-state index contributed by atoms with van der Waals surface area (Å²) in [6, 6.07) is 15.1. The molecule has 1 aliphatic rings. The van der Waals surface area contributed by atoms with Gasteiger partial charge >= 0.3 is 0 Å². The summed E-state index contributed by atoms with van der Waals surface area (Å²) in [5.41, 5.74) is 2.42. The summed E-state index contributed by atoms with van der Waals surface area (Å²) in [6.07, 6.45) is 2.63. The minimum absolute atomic E-state index is 0.728. The fourth-order valence-corrected chi connectivity index (χ4v) is 2.45. The Hall–Kier alpha value is -1.32. The van der Waals surface area contributed by atoms with Crippen LogP contribution < -0.4 is 10.1 Å². The SMILES string of the molecule is Cc1ccc(CNC2CC2)cc1Oc1cccc(Br)c1. The second-order valence-electron chi connectivity index (χ2n) is 5.31. The number of ether oxygens (including phenoxy) is 1. The summed E-state index contributed by atoms with van der Waals surface area (Å²) in [6.45, 7) is 2.99. The maximum absolute atomic E-state index is 6.00. The largest absolute Gasteiger partial charge is 0.457 e. The summed E-state index contributed by atoms with van der Waals surface area (Å²) in [7, 11) is 0. The molecule has 0 spiro atoms. The molecule has 0 aliphatic heterocycles. The van der Waals surface area contributed by atoms with E-state index in [1.165, 1.54) is 18.4 Å². The molecule has 3 rings (SSSR count). The van der Waals surface area contributed by atoms with Gasteiger partial charge in [-0.15, -0.1) is 0 Å². The Kier molecular flexibility index (Phi) is 4.08. The molecule has 20 heavy (non-hydrogen) atoms. The highest BCUT2D eigenvalue weighted by atomic mass is 79.9. The molecule has 0 heterocycles. The number of hydrogen-bond acceptors (Lipinski definition) is 2. The number of hydrogen-bond donors (Lipinski definition) is 1. The molecule has 0 amide bonds. The Morgan fingerprint density at radius 1 is 1.20 bits per heavy atom. The zero-order valence-corrected chi connectivity index (χ0v) is 13.1. The maximum Gasteiger partial charge on any atom is 0.130 e. The van der Waals surface area contributed by atoms with Crippen molar-refractivity contribution in [1.29, 1.82) is 0 Å². The Morgan fingerprint density at radius 2 is 2.05 bits per heavy atom. The van der Waals surface area contributed by atoms with Crippen molar-refractivity contribution in [2.45, 2.75) is 32.4 Å². The summed E-state index contributed by atoms with van der Waals surface area (Å²) in [5.74, 6) is 1.79. The summed E-state index contributed by atoms with van der Waals surface area (Å²) in [4.78, 5) is 0. The molecule has 0 bridgehead atoms. The van der Waals surface area contributed by atoms with Crippen LogP contribution in [0, 0.1) is 6.92 Å². The lowest BCUT2D eigenvalue weighted by molar-refractivity contribution is 0.477. The van der Waals surface area contributed by atoms with Crippen molar-refractivity contribution >= 4 is 15.9 Å². The highest BCUT2D eigenvalue weighted by Gasteiger charge is 2.20. The predicted octanol–water partition coefficient (Wildman–Crippen LogP) is 4.80. The topological polar surface area (TPSA) is 21.3 Å². The van der Waals surface area contributed by atoms with Crippen LogP contribution in [-0.4, -0.2) is 6.04 Å². The second-order valence-corrected chi connectivity index (χ2v) is 6.23. The van der Waals surface area contributed by atoms with Gasteiger partial charge in [0.2, 0.25) is 0 Å². The maximum atomic E-state index is 6.00. The van der Waals surface area contributed by atoms with Gasteiger partial charge in [-0.2, -0.15) is 0 Å². The van der Waals surface area contributed by atoms with E-state index in [1.54, 1.807) is 0 Å². The van der Waals surface area contributed by atoms with E-state index in [2.05, 4.69) is 46.4 Å². The van der Waals surface area contributed by atoms with Crippen molar-refractivity contribution in [2.24, 2.45) is 0 Å². The van der Waals surface area contributed by atoms with Crippen molar-refractivity contribution < 1.29 is 4.74 Å². The standard InChI is InChI=1S/C17H18BrNO/c1-12-5-6-13(11-19-15-7-8-15)9-17(12)20-16-4-2-3-14(18)10-16/h2-6,9-10,15,19H,7-8,11H2,1H3. The van der Waals surface area contributed by atoms with E-state index >= 15 is 0 Å². The van der Waals surface area contributed by atoms with E-state index in [0.29, 0.717) is 0 Å². The van der Waals surface area contributed by atoms with Gasteiger partial charge in [-0.1, -0.05) is 34.1 Å². The lowest BCUT2D eigenvalue weighted by Gasteiger charge is -2.11. The van der Waals surface area contributed by atoms with Crippen LogP contribution in [-0.2, 0) is 6.54 Å². The Bertz CT molecular complexity index is 608. The van der Waals surface area contributed by atoms with Crippen LogP contribution in [0.5, 0.6) is 11.5 Å². The van der Waals surface area contributed by atoms with Gasteiger partial charge in [-0.25, -0.2) is 0 Å². The minimum atomic E-state index is 0.728. The van der Waals surface area contributed by atoms with Crippen molar-refractivity contribution in [1.82, 2.24) is 5.32 Å². The first-order valence-electron chi connectivity index (χ1n) is 6.97. The van der Waals surface area contributed by atoms with Crippen LogP contribution >= 0.6 is 15.9 Å². The third kappa shape index (κ3) is 3.62. The molecule has 1 N–H and O–H groups in total. The van der Waals surface area contributed by atoms with E-state index in [-0.39, 0.29) is 0 Å². The lowest BCUT2D eigenvalue weighted by atomic mass is 10.1. The molecule has 104 valence electrons. The Morgan fingerprint density at radius 3 is 2.80 bits per heavy atom. The molecule has 0 aromatic heterocycles. The molecule has 1 fully saturated rings. The van der Waals surface area contributed by atoms with Gasteiger partial charge in [0, 0.05) is 17.1 Å². The first kappa shape index (κ1) is 13.7. The molecule has 1 saturated carbocycles. The number of rotatable bonds is 5. The third-order valence-electron chi connectivity index (χ3n) is 3.45. The van der Waals surface area contributed by atoms with Crippen LogP contribution in [0.25, 0.3) is 0 Å². The first-order chi connectivity index (χ1) is 9.70. The van der Waals surface area contributed by atoms with Gasteiger partial charge in [-0.05, 0) is 55.2 Å². The van der Waals surface area contributed by atoms with Crippen molar-refractivity contribution in [3.05, 3.63) is 58.1 Å². The number of benzene rings is 2. The summed E-state index contributed by atoms with van der Waals surface area (Å²) >= 11 is 3.47. The Labute approximate surface area is 128 Å². The molecule has 2 aromatic rings. The van der Waals surface area contributed by atoms with Crippen molar-refractivity contribution in [3.63, 3.8) is 0 Å². The molecule has 0 saturated heterocycles. The van der Waals surface area contributed by atoms with Gasteiger partial charge < -0.3 is 10.1 Å². The van der Waals surface area contributed by atoms with Gasteiger partial charge in [0.25, 0.3) is 0 Å². The highest BCUT2D eigenvalue weighted by Crippen LogP contribution is 2.28. The predicted molar refractivity (Wildman–Crippen MR) is 85.3 cm³/mol. The zero-order chi connectivity index (χ0) is 13.9. The third-order valence-corrected chi connectivity index (χ3v) is 3.94. The Balaban J connectivity index is 1.75. The van der Waals surface area contributed by atoms with Crippen LogP contribution in [0.1, 0.15) is 24.0 Å². The van der Waals surface area contributed by atoms with Crippen LogP contribution in [0.3, 0.4) is 0 Å². The number of aryl methyl sites for hydroxylation is 1. The van der Waals surface area contributed by atoms with E-state index < -0.39 is 0 Å². The summed E-state index contributed by atoms with van der Waals surface area (Å²) in [5, 5.41) is 3.53. The summed E-state index contributed by atoms with van der Waals surface area (Å²) < 4.78 is 7.02. The molecule has 0 atom stereocenters. The van der Waals surface area contributed by atoms with E-state index in [4.69, 9.17) is 4.74 Å². The number of nitrogens with one attached hydrogen (secondary N) is 1. The lowest BCUT2D eigenvalue weighted by Crippen LogP contribution is -2.15. The fourth-order valence-electron chi connectivity index (χ4n) is 2.07. The molecular weight excluding hydrogens is 314 g/mol. The quantitative estimate of drug-likeness (QED) is 0.849. The first-order valence-corrected chi connectivity index (χ1v) is 7.76. The molecular formula is C17H18BrNO. The van der Waals surface area contributed by atoms with Crippen LogP contribution in [0.4, 0.5) is 0 Å². The molecule has 0 unspecified atom stereocenters. The van der Waals surface area contributed by atoms with Gasteiger partial charge in [0.15, 0.2) is 0 Å². The normalized spacial score (nSPS) is 14.3. The van der Waals surface area contributed by atoms with E-state index in [1.807, 2.05) is 24.3 Å². The van der Waals surface area contributed by atoms with Gasteiger partial charge in [-0.3, -0.25) is 0 Å². The van der Waals surface area contributed by atoms with Crippen LogP contribution in [0.15, 0.2) is 46.9 Å². The zero-order valence-electron chi connectivity index (χ0n) is 11.5. The van der Waals surface area contributed by atoms with E-state index in [0.717, 1.165) is 34.1 Å². The van der Waals surface area contributed by atoms with Gasteiger partial charge in [0.1, 0.15) is 11.5 Å². The molecule has 0 radical (unpaired) electrons. The van der Waals surface area contributed by atoms with Crippen molar-refractivity contribution in [2.75, 3.05) is 0 Å². The average molecular weight is 332 g/mol. The van der Waals surface area contributed by atoms with E-state index in [9.17, 15) is 0 Å². The second kappa shape index (κ2) is 5.98. The molecule has 3 heteroatoms. The monoisotopic (exact) mass is 331 g/mol. The molecule has 2 aromatic carbocycles. The highest BCUT2D eigenvalue weighted by molar-refractivity contribution is 9.10. The molecule has 2 nitrogen and oxygen atoms in total. The average Bonchev–Trinajstić information content (AvgIpc) is 3.24. The number of halogens is 1. The van der Waals surface area contributed by atoms with Crippen molar-refractivity contribution in [3.8, 4) is 11.5 Å². The minimum Gasteiger partial charge on any atom is -0.457 e. The smallest absolute Gasteiger partial charge is 0.130 e.